The molecule has 3 aromatic carbocycles. The molecule has 0 bridgehead atoms. The molecule has 1 atom stereocenters. The highest BCUT2D eigenvalue weighted by molar-refractivity contribution is 5.99. The predicted molar refractivity (Wildman–Crippen MR) is 168 cm³/mol. The number of carbonyl (C=O) groups is 2. The Balaban J connectivity index is 1.09. The van der Waals surface area contributed by atoms with E-state index in [-0.39, 0.29) is 17.9 Å². The van der Waals surface area contributed by atoms with Crippen molar-refractivity contribution in [3.05, 3.63) is 95.7 Å². The first-order valence-electron chi connectivity index (χ1n) is 15.3. The van der Waals surface area contributed by atoms with Crippen LogP contribution in [0.3, 0.4) is 0 Å². The van der Waals surface area contributed by atoms with E-state index in [2.05, 4.69) is 43.3 Å². The molecule has 2 fully saturated rings. The van der Waals surface area contributed by atoms with Crippen molar-refractivity contribution in [1.29, 1.82) is 0 Å². The number of halogens is 1. The fourth-order valence-corrected chi connectivity index (χ4v) is 6.87. The van der Waals surface area contributed by atoms with E-state index in [1.165, 1.54) is 24.0 Å². The smallest absolute Gasteiger partial charge is 0.338 e. The summed E-state index contributed by atoms with van der Waals surface area (Å²) >= 11 is 0. The van der Waals surface area contributed by atoms with Gasteiger partial charge in [0.25, 0.3) is 0 Å². The summed E-state index contributed by atoms with van der Waals surface area (Å²) in [5, 5.41) is 2.96. The van der Waals surface area contributed by atoms with Crippen molar-refractivity contribution in [2.24, 2.45) is 5.41 Å². The second-order valence-corrected chi connectivity index (χ2v) is 12.1. The molecule has 230 valence electrons. The maximum absolute atomic E-state index is 14.6. The minimum absolute atomic E-state index is 0.0542. The zero-order valence-electron chi connectivity index (χ0n) is 25.1. The van der Waals surface area contributed by atoms with E-state index in [0.29, 0.717) is 40.4 Å². The lowest BCUT2D eigenvalue weighted by Crippen LogP contribution is -2.31. The van der Waals surface area contributed by atoms with Crippen molar-refractivity contribution in [2.75, 3.05) is 43.0 Å². The van der Waals surface area contributed by atoms with Gasteiger partial charge in [-0.25, -0.2) is 19.2 Å². The predicted octanol–water partition coefficient (Wildman–Crippen LogP) is 5.85. The summed E-state index contributed by atoms with van der Waals surface area (Å²) < 4.78 is 26.2. The molecule has 10 heteroatoms. The van der Waals surface area contributed by atoms with Crippen molar-refractivity contribution in [1.82, 2.24) is 14.9 Å². The first kappa shape index (κ1) is 28.9. The van der Waals surface area contributed by atoms with Gasteiger partial charge in [-0.2, -0.15) is 0 Å². The topological polar surface area (TPSA) is 96.9 Å². The number of rotatable bonds is 8. The molecule has 3 aliphatic rings. The molecule has 1 aromatic heterocycles. The molecular formula is C35H34FN5O4. The Morgan fingerprint density at radius 2 is 1.89 bits per heavy atom. The Hall–Kier alpha value is -4.83. The Kier molecular flexibility index (Phi) is 7.66. The minimum atomic E-state index is -0.483. The number of amides is 1. The molecule has 1 N–H and O–H groups in total. The van der Waals surface area contributed by atoms with Gasteiger partial charge < -0.3 is 19.7 Å². The molecule has 9 nitrogen and oxygen atoms in total. The SMILES string of the molecule is CCOC(=O)c1ccccc1-c1cc(F)ccc1Oc1cncnc1N1CCC2(CCN(Cc3ccc4c(c3)NC(=O)C4)C2)C1. The lowest BCUT2D eigenvalue weighted by Gasteiger charge is -2.26. The van der Waals surface area contributed by atoms with Crippen LogP contribution < -0.4 is 15.0 Å². The highest BCUT2D eigenvalue weighted by Crippen LogP contribution is 2.44. The second-order valence-electron chi connectivity index (χ2n) is 12.1. The van der Waals surface area contributed by atoms with E-state index in [0.717, 1.165) is 56.8 Å². The summed E-state index contributed by atoms with van der Waals surface area (Å²) in [5.41, 5.74) is 4.61. The second kappa shape index (κ2) is 11.9. The molecule has 1 spiro atoms. The number of carbonyl (C=O) groups excluding carboxylic acids is 2. The van der Waals surface area contributed by atoms with E-state index in [1.807, 2.05) is 0 Å². The standard InChI is InChI=1S/C35H34FN5O4/c1-2-44-34(43)27-6-4-3-5-26(27)28-17-25(36)9-10-30(28)45-31-18-37-22-38-33(31)41-14-12-35(21-41)11-13-40(20-35)19-23-7-8-24-16-32(42)39-29(24)15-23/h3-10,15,17-18,22H,2,11-14,16,19-21H2,1H3,(H,39,42). The fourth-order valence-electron chi connectivity index (χ4n) is 6.87. The maximum Gasteiger partial charge on any atom is 0.338 e. The molecule has 7 rings (SSSR count). The van der Waals surface area contributed by atoms with Gasteiger partial charge in [0.1, 0.15) is 17.9 Å². The van der Waals surface area contributed by atoms with Crippen LogP contribution >= 0.6 is 0 Å². The van der Waals surface area contributed by atoms with Crippen molar-refractivity contribution in [3.8, 4) is 22.6 Å². The minimum Gasteiger partial charge on any atom is -0.462 e. The summed E-state index contributed by atoms with van der Waals surface area (Å²) in [7, 11) is 0. The van der Waals surface area contributed by atoms with Gasteiger partial charge in [-0.05, 0) is 73.3 Å². The number of nitrogens with one attached hydrogen (secondary N) is 1. The zero-order valence-corrected chi connectivity index (χ0v) is 25.1. The fraction of sp³-hybridized carbons (Fsp3) is 0.314. The van der Waals surface area contributed by atoms with Gasteiger partial charge in [-0.1, -0.05) is 30.3 Å². The molecule has 45 heavy (non-hydrogen) atoms. The highest BCUT2D eigenvalue weighted by atomic mass is 19.1. The number of benzene rings is 3. The van der Waals surface area contributed by atoms with Gasteiger partial charge in [0, 0.05) is 42.8 Å². The van der Waals surface area contributed by atoms with E-state index < -0.39 is 11.8 Å². The number of anilines is 2. The van der Waals surface area contributed by atoms with Crippen molar-refractivity contribution < 1.29 is 23.5 Å². The molecule has 4 heterocycles. The first-order valence-corrected chi connectivity index (χ1v) is 15.3. The highest BCUT2D eigenvalue weighted by Gasteiger charge is 2.44. The molecule has 1 amide bonds. The number of ether oxygens (including phenoxy) is 2. The normalized spacial score (nSPS) is 19.2. The van der Waals surface area contributed by atoms with Gasteiger partial charge in [0.05, 0.1) is 24.8 Å². The van der Waals surface area contributed by atoms with Crippen LogP contribution in [0.2, 0.25) is 0 Å². The lowest BCUT2D eigenvalue weighted by atomic mass is 9.86. The first-order chi connectivity index (χ1) is 21.9. The molecular weight excluding hydrogens is 573 g/mol. The number of nitrogens with zero attached hydrogens (tertiary/aromatic N) is 4. The van der Waals surface area contributed by atoms with E-state index in [4.69, 9.17) is 9.47 Å². The zero-order chi connectivity index (χ0) is 31.0. The number of hydrogen-bond donors (Lipinski definition) is 1. The number of hydrogen-bond acceptors (Lipinski definition) is 8. The van der Waals surface area contributed by atoms with Crippen LogP contribution in [0.15, 0.2) is 73.2 Å². The molecule has 3 aliphatic heterocycles. The average molecular weight is 608 g/mol. The van der Waals surface area contributed by atoms with Crippen molar-refractivity contribution in [3.63, 3.8) is 0 Å². The summed E-state index contributed by atoms with van der Waals surface area (Å²) in [6, 6.07) is 17.5. The lowest BCUT2D eigenvalue weighted by molar-refractivity contribution is -0.115. The van der Waals surface area contributed by atoms with Gasteiger partial charge in [-0.15, -0.1) is 0 Å². The third kappa shape index (κ3) is 5.85. The van der Waals surface area contributed by atoms with E-state index >= 15 is 0 Å². The summed E-state index contributed by atoms with van der Waals surface area (Å²) in [6.07, 6.45) is 5.71. The number of fused-ring (bicyclic) bond motifs is 1. The van der Waals surface area contributed by atoms with Crippen molar-refractivity contribution >= 4 is 23.4 Å². The van der Waals surface area contributed by atoms with Crippen LogP contribution in [-0.2, 0) is 22.5 Å². The van der Waals surface area contributed by atoms with Gasteiger partial charge in [0.2, 0.25) is 5.91 Å². The van der Waals surface area contributed by atoms with Crippen LogP contribution in [0.25, 0.3) is 11.1 Å². The molecule has 4 aromatic rings. The van der Waals surface area contributed by atoms with Crippen LogP contribution in [0, 0.1) is 11.2 Å². The molecule has 0 radical (unpaired) electrons. The van der Waals surface area contributed by atoms with Gasteiger partial charge in [-0.3, -0.25) is 9.69 Å². The number of aromatic nitrogens is 2. The Bertz CT molecular complexity index is 1780. The summed E-state index contributed by atoms with van der Waals surface area (Å²) in [4.78, 5) is 38.1. The van der Waals surface area contributed by atoms with Crippen molar-refractivity contribution in [2.45, 2.75) is 32.7 Å². The molecule has 0 saturated carbocycles. The molecule has 0 aliphatic carbocycles. The molecule has 2 saturated heterocycles. The van der Waals surface area contributed by atoms with Crippen LogP contribution in [0.4, 0.5) is 15.9 Å². The maximum atomic E-state index is 14.6. The van der Waals surface area contributed by atoms with Gasteiger partial charge in [0.15, 0.2) is 11.6 Å². The quantitative estimate of drug-likeness (QED) is 0.249. The van der Waals surface area contributed by atoms with E-state index in [9.17, 15) is 14.0 Å². The monoisotopic (exact) mass is 607 g/mol. The van der Waals surface area contributed by atoms with Crippen LogP contribution in [0.5, 0.6) is 11.5 Å². The largest absolute Gasteiger partial charge is 0.462 e. The number of likely N-dealkylation sites (tertiary alicyclic amines) is 1. The molecule has 1 unspecified atom stereocenters. The third-order valence-corrected chi connectivity index (χ3v) is 8.99. The van der Waals surface area contributed by atoms with Crippen LogP contribution in [-0.4, -0.2) is 59.5 Å². The Morgan fingerprint density at radius 3 is 2.78 bits per heavy atom. The van der Waals surface area contributed by atoms with Gasteiger partial charge >= 0.3 is 5.97 Å². The summed E-state index contributed by atoms with van der Waals surface area (Å²) in [6.45, 7) is 6.45. The van der Waals surface area contributed by atoms with E-state index in [1.54, 1.807) is 43.5 Å². The Morgan fingerprint density at radius 1 is 1.02 bits per heavy atom. The average Bonchev–Trinajstić information content (AvgIpc) is 3.75. The van der Waals surface area contributed by atoms with Crippen LogP contribution in [0.1, 0.15) is 41.3 Å². The number of esters is 1. The third-order valence-electron chi connectivity index (χ3n) is 8.99. The Labute approximate surface area is 261 Å². The summed E-state index contributed by atoms with van der Waals surface area (Å²) in [5.74, 6) is 0.657.